The van der Waals surface area contributed by atoms with Gasteiger partial charge in [-0.05, 0) is 67.1 Å². The molecule has 1 aromatic heterocycles. The van der Waals surface area contributed by atoms with Gasteiger partial charge in [0.05, 0.1) is 4.90 Å². The minimum Gasteiger partial charge on any atom is -0.454 e. The van der Waals surface area contributed by atoms with Crippen LogP contribution in [0.15, 0.2) is 33.9 Å². The average molecular weight is 465 g/mol. The molecular formula is C22H28N2O5S2. The molecule has 2 aromatic rings. The van der Waals surface area contributed by atoms with Crippen molar-refractivity contribution in [2.24, 2.45) is 0 Å². The Kier molecular flexibility index (Phi) is 7.18. The molecule has 31 heavy (non-hydrogen) atoms. The number of aryl methyl sites for hydroxylation is 3. The van der Waals surface area contributed by atoms with Crippen LogP contribution in [0, 0.1) is 20.8 Å². The second-order valence-corrected chi connectivity index (χ2v) is 10.6. The molecule has 1 saturated heterocycles. The van der Waals surface area contributed by atoms with Gasteiger partial charge in [-0.3, -0.25) is 9.59 Å². The number of hydrogen-bond acceptors (Lipinski definition) is 6. The zero-order valence-electron chi connectivity index (χ0n) is 18.3. The maximum atomic E-state index is 13.4. The first kappa shape index (κ1) is 23.4. The maximum absolute atomic E-state index is 13.4. The Hall–Kier alpha value is -2.23. The van der Waals surface area contributed by atoms with Crippen molar-refractivity contribution in [3.63, 3.8) is 0 Å². The van der Waals surface area contributed by atoms with Crippen LogP contribution in [0.1, 0.15) is 35.1 Å². The third-order valence-electron chi connectivity index (χ3n) is 5.41. The topological polar surface area (TPSA) is 84.0 Å². The minimum atomic E-state index is -3.86. The van der Waals surface area contributed by atoms with Crippen molar-refractivity contribution < 1.29 is 22.7 Å². The van der Waals surface area contributed by atoms with Crippen LogP contribution in [-0.4, -0.2) is 55.7 Å². The molecule has 1 atom stereocenters. The lowest BCUT2D eigenvalue weighted by atomic mass is 10.1. The van der Waals surface area contributed by atoms with Gasteiger partial charge in [-0.2, -0.15) is 15.6 Å². The van der Waals surface area contributed by atoms with Crippen molar-refractivity contribution in [2.45, 2.75) is 51.1 Å². The smallest absolute Gasteiger partial charge is 0.324 e. The first-order chi connectivity index (χ1) is 14.6. The van der Waals surface area contributed by atoms with Crippen LogP contribution in [0.25, 0.3) is 0 Å². The molecule has 0 saturated carbocycles. The van der Waals surface area contributed by atoms with Crippen molar-refractivity contribution in [3.05, 3.63) is 51.2 Å². The largest absolute Gasteiger partial charge is 0.454 e. The monoisotopic (exact) mass is 464 g/mol. The van der Waals surface area contributed by atoms with Gasteiger partial charge < -0.3 is 9.64 Å². The Morgan fingerprint density at radius 3 is 2.52 bits per heavy atom. The van der Waals surface area contributed by atoms with Crippen LogP contribution in [0.4, 0.5) is 0 Å². The lowest BCUT2D eigenvalue weighted by Crippen LogP contribution is -2.42. The van der Waals surface area contributed by atoms with E-state index in [0.29, 0.717) is 30.5 Å². The Balaban J connectivity index is 1.68. The molecule has 2 heterocycles. The maximum Gasteiger partial charge on any atom is 0.324 e. The molecule has 1 aliphatic heterocycles. The van der Waals surface area contributed by atoms with Crippen molar-refractivity contribution in [1.82, 2.24) is 9.21 Å². The van der Waals surface area contributed by atoms with Gasteiger partial charge in [0.15, 0.2) is 6.61 Å². The summed E-state index contributed by atoms with van der Waals surface area (Å²) in [4.78, 5) is 26.8. The summed E-state index contributed by atoms with van der Waals surface area (Å²) in [5, 5.41) is 3.88. The number of thiophene rings is 1. The van der Waals surface area contributed by atoms with E-state index in [0.717, 1.165) is 11.1 Å². The highest BCUT2D eigenvalue weighted by molar-refractivity contribution is 7.89. The highest BCUT2D eigenvalue weighted by Gasteiger charge is 2.41. The molecule has 1 unspecified atom stereocenters. The zero-order chi connectivity index (χ0) is 22.8. The summed E-state index contributed by atoms with van der Waals surface area (Å²) in [7, 11) is -2.22. The molecular weight excluding hydrogens is 436 g/mol. The Morgan fingerprint density at radius 1 is 1.23 bits per heavy atom. The Bertz CT molecular complexity index is 1040. The number of esters is 1. The Morgan fingerprint density at radius 2 is 1.90 bits per heavy atom. The number of hydrogen-bond donors (Lipinski definition) is 0. The molecule has 1 aromatic carbocycles. The Labute approximate surface area is 187 Å². The normalized spacial score (nSPS) is 17.0. The molecule has 0 spiro atoms. The second kappa shape index (κ2) is 9.50. The molecule has 7 nitrogen and oxygen atoms in total. The van der Waals surface area contributed by atoms with E-state index in [1.165, 1.54) is 9.21 Å². The summed E-state index contributed by atoms with van der Waals surface area (Å²) < 4.78 is 33.2. The first-order valence-corrected chi connectivity index (χ1v) is 12.5. The van der Waals surface area contributed by atoms with Crippen molar-refractivity contribution in [2.75, 3.05) is 20.2 Å². The van der Waals surface area contributed by atoms with E-state index in [1.807, 2.05) is 35.9 Å². The summed E-state index contributed by atoms with van der Waals surface area (Å²) in [6, 6.07) is 4.66. The molecule has 3 rings (SSSR count). The average Bonchev–Trinajstić information content (AvgIpc) is 3.36. The number of benzene rings is 1. The highest BCUT2D eigenvalue weighted by atomic mass is 32.2. The quantitative estimate of drug-likeness (QED) is 0.588. The summed E-state index contributed by atoms with van der Waals surface area (Å²) in [6.45, 7) is 5.71. The number of nitrogens with zero attached hydrogens (tertiary/aromatic N) is 2. The van der Waals surface area contributed by atoms with Gasteiger partial charge >= 0.3 is 5.97 Å². The standard InChI is InChI=1S/C22H28N2O5S2/c1-15-10-16(2)21(17(3)11-15)31(27,28)24-8-5-6-19(24)22(26)29-13-20(25)23(4)12-18-7-9-30-14-18/h7,9-11,14,19H,5-6,8,12-13H2,1-4H3. The number of amides is 1. The van der Waals surface area contributed by atoms with E-state index >= 15 is 0 Å². The highest BCUT2D eigenvalue weighted by Crippen LogP contribution is 2.31. The number of ether oxygens (including phenoxy) is 1. The van der Waals surface area contributed by atoms with Gasteiger partial charge in [0.1, 0.15) is 6.04 Å². The summed E-state index contributed by atoms with van der Waals surface area (Å²) in [5.41, 5.74) is 3.30. The van der Waals surface area contributed by atoms with Crippen LogP contribution < -0.4 is 0 Å². The van der Waals surface area contributed by atoms with Gasteiger partial charge in [-0.25, -0.2) is 8.42 Å². The van der Waals surface area contributed by atoms with Crippen LogP contribution in [0.2, 0.25) is 0 Å². The van der Waals surface area contributed by atoms with Crippen LogP contribution in [0.3, 0.4) is 0 Å². The molecule has 1 fully saturated rings. The van der Waals surface area contributed by atoms with Gasteiger partial charge in [0, 0.05) is 20.1 Å². The lowest BCUT2D eigenvalue weighted by Gasteiger charge is -2.25. The van der Waals surface area contributed by atoms with E-state index in [2.05, 4.69) is 0 Å². The zero-order valence-corrected chi connectivity index (χ0v) is 19.9. The fourth-order valence-electron chi connectivity index (χ4n) is 4.04. The van der Waals surface area contributed by atoms with Crippen LogP contribution in [-0.2, 0) is 30.9 Å². The van der Waals surface area contributed by atoms with Crippen molar-refractivity contribution >= 4 is 33.2 Å². The first-order valence-electron chi connectivity index (χ1n) is 10.1. The summed E-state index contributed by atoms with van der Waals surface area (Å²) in [5.74, 6) is -1.02. The molecule has 9 heteroatoms. The van der Waals surface area contributed by atoms with Gasteiger partial charge in [-0.15, -0.1) is 0 Å². The molecule has 0 radical (unpaired) electrons. The molecule has 0 N–H and O–H groups in total. The van der Waals surface area contributed by atoms with E-state index in [-0.39, 0.29) is 17.3 Å². The van der Waals surface area contributed by atoms with E-state index in [4.69, 9.17) is 4.74 Å². The van der Waals surface area contributed by atoms with E-state index in [1.54, 1.807) is 32.2 Å². The van der Waals surface area contributed by atoms with Crippen LogP contribution in [0.5, 0.6) is 0 Å². The molecule has 0 aliphatic carbocycles. The van der Waals surface area contributed by atoms with Crippen molar-refractivity contribution in [3.8, 4) is 0 Å². The van der Waals surface area contributed by atoms with E-state index in [9.17, 15) is 18.0 Å². The van der Waals surface area contributed by atoms with Gasteiger partial charge in [0.25, 0.3) is 5.91 Å². The fourth-order valence-corrected chi connectivity index (χ4v) is 6.76. The van der Waals surface area contributed by atoms with Crippen molar-refractivity contribution in [1.29, 1.82) is 0 Å². The molecule has 168 valence electrons. The summed E-state index contributed by atoms with van der Waals surface area (Å²) in [6.07, 6.45) is 0.940. The predicted octanol–water partition coefficient (Wildman–Crippen LogP) is 3.03. The van der Waals surface area contributed by atoms with Crippen LogP contribution >= 0.6 is 11.3 Å². The number of carbonyl (C=O) groups excluding carboxylic acids is 2. The van der Waals surface area contributed by atoms with Gasteiger partial charge in [0.2, 0.25) is 10.0 Å². The van der Waals surface area contributed by atoms with Gasteiger partial charge in [-0.1, -0.05) is 17.7 Å². The lowest BCUT2D eigenvalue weighted by molar-refractivity contribution is -0.154. The molecule has 1 amide bonds. The third-order valence-corrected chi connectivity index (χ3v) is 8.36. The molecule has 1 aliphatic rings. The predicted molar refractivity (Wildman–Crippen MR) is 119 cm³/mol. The number of sulfonamides is 1. The number of carbonyl (C=O) groups is 2. The third kappa shape index (κ3) is 5.16. The fraction of sp³-hybridized carbons (Fsp3) is 0.455. The minimum absolute atomic E-state index is 0.240. The second-order valence-electron chi connectivity index (χ2n) is 7.99. The number of rotatable bonds is 7. The molecule has 0 bridgehead atoms. The SMILES string of the molecule is Cc1cc(C)c(S(=O)(=O)N2CCCC2C(=O)OCC(=O)N(C)Cc2ccsc2)c(C)c1. The van der Waals surface area contributed by atoms with E-state index < -0.39 is 28.6 Å². The number of likely N-dealkylation sites (N-methyl/N-ethyl adjacent to an activating group) is 1. The summed E-state index contributed by atoms with van der Waals surface area (Å²) >= 11 is 1.55.